The van der Waals surface area contributed by atoms with Crippen LogP contribution in [0.2, 0.25) is 0 Å². The average molecular weight is 296 g/mol. The Morgan fingerprint density at radius 1 is 1.29 bits per heavy atom. The fourth-order valence-corrected chi connectivity index (χ4v) is 2.67. The number of halogens is 3. The summed E-state index contributed by atoms with van der Waals surface area (Å²) in [5.74, 6) is -0.350. The van der Waals surface area contributed by atoms with Crippen LogP contribution in [0.15, 0.2) is 18.2 Å². The van der Waals surface area contributed by atoms with Gasteiger partial charge in [0.05, 0.1) is 5.92 Å². The molecule has 1 aliphatic heterocycles. The summed E-state index contributed by atoms with van der Waals surface area (Å²) >= 11 is 0. The summed E-state index contributed by atoms with van der Waals surface area (Å²) in [5, 5.41) is 8.06. The highest BCUT2D eigenvalue weighted by Gasteiger charge is 2.42. The Labute approximate surface area is 119 Å². The molecule has 1 unspecified atom stereocenters. The molecule has 2 N–H and O–H groups in total. The summed E-state index contributed by atoms with van der Waals surface area (Å²) < 4.78 is 40.4. The number of fused-ring (bicyclic) bond motifs is 1. The number of rotatable bonds is 1. The predicted molar refractivity (Wildman–Crippen MR) is 72.5 cm³/mol. The number of aryl methyl sites for hydroxylation is 2. The molecular formula is C14H15F3N4. The Morgan fingerprint density at radius 2 is 2.05 bits per heavy atom. The van der Waals surface area contributed by atoms with Crippen LogP contribution >= 0.6 is 0 Å². The van der Waals surface area contributed by atoms with Crippen molar-refractivity contribution >= 4 is 5.69 Å². The minimum atomic E-state index is -4.20. The molecule has 0 amide bonds. The molecule has 1 aliphatic rings. The van der Waals surface area contributed by atoms with E-state index in [0.717, 1.165) is 5.56 Å². The van der Waals surface area contributed by atoms with Crippen LogP contribution in [-0.4, -0.2) is 20.9 Å². The van der Waals surface area contributed by atoms with Gasteiger partial charge in [0, 0.05) is 24.2 Å². The predicted octanol–water partition coefficient (Wildman–Crippen LogP) is 2.96. The van der Waals surface area contributed by atoms with Crippen molar-refractivity contribution in [2.75, 3.05) is 5.73 Å². The molecule has 1 atom stereocenters. The maximum atomic E-state index is 12.9. The van der Waals surface area contributed by atoms with Gasteiger partial charge in [-0.1, -0.05) is 12.1 Å². The van der Waals surface area contributed by atoms with Crippen LogP contribution in [0.1, 0.15) is 17.8 Å². The molecule has 0 saturated heterocycles. The Kier molecular flexibility index (Phi) is 3.15. The number of anilines is 1. The number of nitrogen functional groups attached to an aromatic ring is 1. The molecule has 0 fully saturated rings. The van der Waals surface area contributed by atoms with Crippen LogP contribution in [0.3, 0.4) is 0 Å². The van der Waals surface area contributed by atoms with E-state index in [0.29, 0.717) is 22.9 Å². The lowest BCUT2D eigenvalue weighted by Gasteiger charge is -2.26. The van der Waals surface area contributed by atoms with Crippen LogP contribution in [-0.2, 0) is 13.0 Å². The van der Waals surface area contributed by atoms with Gasteiger partial charge in [-0.3, -0.25) is 0 Å². The van der Waals surface area contributed by atoms with Crippen molar-refractivity contribution in [3.05, 3.63) is 29.6 Å². The van der Waals surface area contributed by atoms with Gasteiger partial charge in [-0.15, -0.1) is 10.2 Å². The van der Waals surface area contributed by atoms with Gasteiger partial charge in [0.2, 0.25) is 0 Å². The molecule has 0 spiro atoms. The number of hydrogen-bond donors (Lipinski definition) is 1. The van der Waals surface area contributed by atoms with Gasteiger partial charge in [-0.05, 0) is 25.0 Å². The van der Waals surface area contributed by atoms with Crippen molar-refractivity contribution in [2.24, 2.45) is 5.92 Å². The zero-order chi connectivity index (χ0) is 15.2. The van der Waals surface area contributed by atoms with Crippen molar-refractivity contribution < 1.29 is 13.2 Å². The van der Waals surface area contributed by atoms with Gasteiger partial charge in [-0.2, -0.15) is 13.2 Å². The lowest BCUT2D eigenvalue weighted by Crippen LogP contribution is -2.32. The second-order valence-electron chi connectivity index (χ2n) is 5.36. The molecule has 2 aromatic rings. The maximum Gasteiger partial charge on any atom is 0.393 e. The van der Waals surface area contributed by atoms with Crippen molar-refractivity contribution in [3.8, 4) is 11.4 Å². The van der Waals surface area contributed by atoms with Gasteiger partial charge >= 0.3 is 6.18 Å². The second kappa shape index (κ2) is 4.75. The topological polar surface area (TPSA) is 56.7 Å². The minimum absolute atomic E-state index is 0.0604. The quantitative estimate of drug-likeness (QED) is 0.823. The van der Waals surface area contributed by atoms with Crippen LogP contribution in [0.25, 0.3) is 11.4 Å². The van der Waals surface area contributed by atoms with Crippen LogP contribution in [0, 0.1) is 12.8 Å². The third-order valence-electron chi connectivity index (χ3n) is 3.97. The lowest BCUT2D eigenvalue weighted by atomic mass is 9.98. The normalized spacial score (nSPS) is 18.6. The number of aromatic nitrogens is 3. The van der Waals surface area contributed by atoms with E-state index < -0.39 is 12.1 Å². The first-order valence-electron chi connectivity index (χ1n) is 6.72. The summed E-state index contributed by atoms with van der Waals surface area (Å²) in [6.07, 6.45) is -3.86. The third-order valence-corrected chi connectivity index (χ3v) is 3.97. The van der Waals surface area contributed by atoms with E-state index in [4.69, 9.17) is 5.73 Å². The molecule has 7 heteroatoms. The Bertz CT molecular complexity index is 675. The molecular weight excluding hydrogens is 281 g/mol. The maximum absolute atomic E-state index is 12.9. The van der Waals surface area contributed by atoms with Crippen LogP contribution in [0.4, 0.5) is 18.9 Å². The standard InChI is InChI=1S/C14H15F3N4/c1-8-3-2-4-10(12(8)18)13-20-19-11-6-5-9(7-21(11)13)14(15,16)17/h2-4,9H,5-7,18H2,1H3. The molecule has 21 heavy (non-hydrogen) atoms. The largest absolute Gasteiger partial charge is 0.398 e. The van der Waals surface area contributed by atoms with E-state index in [9.17, 15) is 13.2 Å². The summed E-state index contributed by atoms with van der Waals surface area (Å²) in [7, 11) is 0. The first kappa shape index (κ1) is 13.9. The van der Waals surface area contributed by atoms with Gasteiger partial charge < -0.3 is 10.3 Å². The van der Waals surface area contributed by atoms with E-state index in [1.54, 1.807) is 10.6 Å². The van der Waals surface area contributed by atoms with E-state index in [1.165, 1.54) is 0 Å². The molecule has 112 valence electrons. The molecule has 4 nitrogen and oxygen atoms in total. The molecule has 1 aromatic carbocycles. The van der Waals surface area contributed by atoms with Crippen molar-refractivity contribution in [1.82, 2.24) is 14.8 Å². The van der Waals surface area contributed by atoms with E-state index in [-0.39, 0.29) is 19.4 Å². The fraction of sp³-hybridized carbons (Fsp3) is 0.429. The number of nitrogens with zero attached hydrogens (tertiary/aromatic N) is 3. The Balaban J connectivity index is 2.04. The third kappa shape index (κ3) is 2.36. The first-order valence-corrected chi connectivity index (χ1v) is 6.72. The van der Waals surface area contributed by atoms with E-state index in [1.807, 2.05) is 19.1 Å². The molecule has 1 aromatic heterocycles. The Morgan fingerprint density at radius 3 is 2.76 bits per heavy atom. The van der Waals surface area contributed by atoms with E-state index >= 15 is 0 Å². The molecule has 0 radical (unpaired) electrons. The van der Waals surface area contributed by atoms with Gasteiger partial charge in [-0.25, -0.2) is 0 Å². The lowest BCUT2D eigenvalue weighted by molar-refractivity contribution is -0.182. The highest BCUT2D eigenvalue weighted by molar-refractivity contribution is 5.74. The van der Waals surface area contributed by atoms with Crippen molar-refractivity contribution in [3.63, 3.8) is 0 Å². The number of alkyl halides is 3. The van der Waals surface area contributed by atoms with Crippen molar-refractivity contribution in [2.45, 2.75) is 32.5 Å². The first-order chi connectivity index (χ1) is 9.88. The summed E-state index contributed by atoms with van der Waals surface area (Å²) in [4.78, 5) is 0. The van der Waals surface area contributed by atoms with Crippen LogP contribution in [0.5, 0.6) is 0 Å². The highest BCUT2D eigenvalue weighted by Crippen LogP contribution is 2.36. The molecule has 0 saturated carbocycles. The number of nitrogens with two attached hydrogens (primary N) is 1. The molecule has 0 bridgehead atoms. The smallest absolute Gasteiger partial charge is 0.393 e. The summed E-state index contributed by atoms with van der Waals surface area (Å²) in [6.45, 7) is 1.71. The van der Waals surface area contributed by atoms with E-state index in [2.05, 4.69) is 10.2 Å². The van der Waals surface area contributed by atoms with Gasteiger partial charge in [0.15, 0.2) is 5.82 Å². The van der Waals surface area contributed by atoms with Gasteiger partial charge in [0.25, 0.3) is 0 Å². The van der Waals surface area contributed by atoms with Crippen LogP contribution < -0.4 is 5.73 Å². The second-order valence-corrected chi connectivity index (χ2v) is 5.36. The average Bonchev–Trinajstić information content (AvgIpc) is 2.84. The number of benzene rings is 1. The SMILES string of the molecule is Cc1cccc(-c2nnc3n2CC(C(F)(F)F)CC3)c1N. The zero-order valence-corrected chi connectivity index (χ0v) is 11.5. The monoisotopic (exact) mass is 296 g/mol. The molecule has 2 heterocycles. The fourth-order valence-electron chi connectivity index (χ4n) is 2.67. The molecule has 0 aliphatic carbocycles. The highest BCUT2D eigenvalue weighted by atomic mass is 19.4. The Hall–Kier alpha value is -2.05. The number of para-hydroxylation sites is 1. The number of hydrogen-bond acceptors (Lipinski definition) is 3. The molecule has 3 rings (SSSR count). The summed E-state index contributed by atoms with van der Waals surface area (Å²) in [6, 6.07) is 5.42. The van der Waals surface area contributed by atoms with Gasteiger partial charge in [0.1, 0.15) is 5.82 Å². The summed E-state index contributed by atoms with van der Waals surface area (Å²) in [5.41, 5.74) is 8.06. The zero-order valence-electron chi connectivity index (χ0n) is 11.5. The van der Waals surface area contributed by atoms with Crippen molar-refractivity contribution in [1.29, 1.82) is 0 Å². The minimum Gasteiger partial charge on any atom is -0.398 e.